The van der Waals surface area contributed by atoms with Crippen LogP contribution in [0.25, 0.3) is 0 Å². The molecule has 2 rings (SSSR count). The summed E-state index contributed by atoms with van der Waals surface area (Å²) in [4.78, 5) is 1.84. The maximum absolute atomic E-state index is 12.3. The predicted molar refractivity (Wildman–Crippen MR) is 64.4 cm³/mol. The average molecular weight is 240 g/mol. The largest absolute Gasteiger partial charge is 0.311 e. The van der Waals surface area contributed by atoms with Crippen molar-refractivity contribution in [3.63, 3.8) is 0 Å². The number of alkyl halides is 2. The SMILES string of the molecule is FC(F)CN1CCNC(Cc2ccccc2)C1. The van der Waals surface area contributed by atoms with Gasteiger partial charge in [0.25, 0.3) is 6.43 Å². The van der Waals surface area contributed by atoms with Gasteiger partial charge in [0.1, 0.15) is 0 Å². The van der Waals surface area contributed by atoms with Gasteiger partial charge in [-0.05, 0) is 12.0 Å². The lowest BCUT2D eigenvalue weighted by Gasteiger charge is -2.33. The lowest BCUT2D eigenvalue weighted by atomic mass is 10.0. The summed E-state index contributed by atoms with van der Waals surface area (Å²) in [7, 11) is 0. The van der Waals surface area contributed by atoms with Crippen molar-refractivity contribution in [2.24, 2.45) is 0 Å². The summed E-state index contributed by atoms with van der Waals surface area (Å²) in [6, 6.07) is 10.4. The molecule has 1 fully saturated rings. The van der Waals surface area contributed by atoms with E-state index in [4.69, 9.17) is 0 Å². The summed E-state index contributed by atoms with van der Waals surface area (Å²) < 4.78 is 24.6. The van der Waals surface area contributed by atoms with E-state index in [0.717, 1.165) is 19.5 Å². The van der Waals surface area contributed by atoms with E-state index in [9.17, 15) is 8.78 Å². The standard InChI is InChI=1S/C13H18F2N2/c14-13(15)10-17-7-6-16-12(9-17)8-11-4-2-1-3-5-11/h1-5,12-13,16H,6-10H2. The van der Waals surface area contributed by atoms with E-state index in [1.807, 2.05) is 23.1 Å². The molecular formula is C13H18F2N2. The van der Waals surface area contributed by atoms with Gasteiger partial charge in [-0.1, -0.05) is 30.3 Å². The lowest BCUT2D eigenvalue weighted by Crippen LogP contribution is -2.52. The minimum Gasteiger partial charge on any atom is -0.311 e. The summed E-state index contributed by atoms with van der Waals surface area (Å²) in [6.07, 6.45) is -1.33. The number of rotatable bonds is 4. The van der Waals surface area contributed by atoms with E-state index in [1.165, 1.54) is 5.56 Å². The molecule has 0 spiro atoms. The van der Waals surface area contributed by atoms with Crippen LogP contribution in [0.1, 0.15) is 5.56 Å². The molecule has 17 heavy (non-hydrogen) atoms. The van der Waals surface area contributed by atoms with E-state index in [2.05, 4.69) is 17.4 Å². The van der Waals surface area contributed by atoms with Crippen molar-refractivity contribution in [2.45, 2.75) is 18.9 Å². The normalized spacial score (nSPS) is 21.9. The van der Waals surface area contributed by atoms with Gasteiger partial charge in [0, 0.05) is 25.7 Å². The molecule has 1 aliphatic rings. The van der Waals surface area contributed by atoms with Gasteiger partial charge in [0.15, 0.2) is 0 Å². The second-order valence-electron chi connectivity index (χ2n) is 4.49. The van der Waals surface area contributed by atoms with Gasteiger partial charge in [-0.3, -0.25) is 4.90 Å². The fraction of sp³-hybridized carbons (Fsp3) is 0.538. The zero-order valence-electron chi connectivity index (χ0n) is 9.78. The Morgan fingerprint density at radius 3 is 2.76 bits per heavy atom. The molecule has 1 heterocycles. The number of nitrogens with one attached hydrogen (secondary N) is 1. The fourth-order valence-electron chi connectivity index (χ4n) is 2.29. The Bertz CT molecular complexity index is 329. The van der Waals surface area contributed by atoms with Crippen molar-refractivity contribution >= 4 is 0 Å². The van der Waals surface area contributed by atoms with E-state index < -0.39 is 6.43 Å². The average Bonchev–Trinajstić information content (AvgIpc) is 2.30. The van der Waals surface area contributed by atoms with Crippen LogP contribution in [0.4, 0.5) is 8.78 Å². The molecule has 2 nitrogen and oxygen atoms in total. The Labute approximate surface area is 101 Å². The first-order chi connectivity index (χ1) is 8.24. The lowest BCUT2D eigenvalue weighted by molar-refractivity contribution is 0.0729. The van der Waals surface area contributed by atoms with Crippen molar-refractivity contribution < 1.29 is 8.78 Å². The molecule has 4 heteroatoms. The molecular weight excluding hydrogens is 222 g/mol. The molecule has 1 atom stereocenters. The third-order valence-corrected chi connectivity index (χ3v) is 3.06. The molecule has 94 valence electrons. The Morgan fingerprint density at radius 1 is 1.29 bits per heavy atom. The second-order valence-corrected chi connectivity index (χ2v) is 4.49. The maximum atomic E-state index is 12.3. The van der Waals surface area contributed by atoms with Crippen LogP contribution in [0, 0.1) is 0 Å². The smallest absolute Gasteiger partial charge is 0.251 e. The first-order valence-corrected chi connectivity index (χ1v) is 6.02. The molecule has 0 saturated carbocycles. The zero-order valence-corrected chi connectivity index (χ0v) is 9.78. The summed E-state index contributed by atoms with van der Waals surface area (Å²) in [5, 5.41) is 3.38. The number of piperazine rings is 1. The van der Waals surface area contributed by atoms with Crippen LogP contribution in [-0.2, 0) is 6.42 Å². The number of halogens is 2. The monoisotopic (exact) mass is 240 g/mol. The number of benzene rings is 1. The Hall–Kier alpha value is -1.00. The Balaban J connectivity index is 1.85. The van der Waals surface area contributed by atoms with Crippen LogP contribution >= 0.6 is 0 Å². The van der Waals surface area contributed by atoms with Gasteiger partial charge in [-0.25, -0.2) is 8.78 Å². The molecule has 1 aromatic rings. The molecule has 1 N–H and O–H groups in total. The third kappa shape index (κ3) is 4.06. The Morgan fingerprint density at radius 2 is 2.06 bits per heavy atom. The highest BCUT2D eigenvalue weighted by atomic mass is 19.3. The highest BCUT2D eigenvalue weighted by Gasteiger charge is 2.21. The summed E-state index contributed by atoms with van der Waals surface area (Å²) in [6.45, 7) is 2.12. The maximum Gasteiger partial charge on any atom is 0.251 e. The molecule has 0 aromatic heterocycles. The zero-order chi connectivity index (χ0) is 12.1. The third-order valence-electron chi connectivity index (χ3n) is 3.06. The topological polar surface area (TPSA) is 15.3 Å². The molecule has 1 unspecified atom stereocenters. The molecule has 0 radical (unpaired) electrons. The van der Waals surface area contributed by atoms with Gasteiger partial charge in [-0.15, -0.1) is 0 Å². The van der Waals surface area contributed by atoms with Crippen LogP contribution in [0.5, 0.6) is 0 Å². The van der Waals surface area contributed by atoms with E-state index in [1.54, 1.807) is 0 Å². The van der Waals surface area contributed by atoms with Crippen molar-refractivity contribution in [2.75, 3.05) is 26.2 Å². The first-order valence-electron chi connectivity index (χ1n) is 6.02. The Kier molecular flexibility index (Phi) is 4.45. The van der Waals surface area contributed by atoms with Gasteiger partial charge < -0.3 is 5.32 Å². The molecule has 1 saturated heterocycles. The van der Waals surface area contributed by atoms with Crippen molar-refractivity contribution in [1.29, 1.82) is 0 Å². The molecule has 1 aromatic carbocycles. The predicted octanol–water partition coefficient (Wildman–Crippen LogP) is 1.77. The van der Waals surface area contributed by atoms with Crippen LogP contribution in [-0.4, -0.2) is 43.5 Å². The van der Waals surface area contributed by atoms with Gasteiger partial charge >= 0.3 is 0 Å². The van der Waals surface area contributed by atoms with Crippen LogP contribution < -0.4 is 5.32 Å². The minimum atomic E-state index is -2.23. The molecule has 0 bridgehead atoms. The summed E-state index contributed by atoms with van der Waals surface area (Å²) >= 11 is 0. The van der Waals surface area contributed by atoms with Crippen LogP contribution in [0.3, 0.4) is 0 Å². The highest BCUT2D eigenvalue weighted by molar-refractivity contribution is 5.16. The van der Waals surface area contributed by atoms with Gasteiger partial charge in [-0.2, -0.15) is 0 Å². The summed E-state index contributed by atoms with van der Waals surface area (Å²) in [5.74, 6) is 0. The van der Waals surface area contributed by atoms with Crippen LogP contribution in [0.2, 0.25) is 0 Å². The molecule has 0 amide bonds. The first kappa shape index (κ1) is 12.5. The minimum absolute atomic E-state index is 0.104. The number of hydrogen-bond donors (Lipinski definition) is 1. The molecule has 0 aliphatic carbocycles. The van der Waals surface area contributed by atoms with Crippen LogP contribution in [0.15, 0.2) is 30.3 Å². The second kappa shape index (κ2) is 6.07. The fourth-order valence-corrected chi connectivity index (χ4v) is 2.29. The number of hydrogen-bond acceptors (Lipinski definition) is 2. The quantitative estimate of drug-likeness (QED) is 0.863. The summed E-state index contributed by atoms with van der Waals surface area (Å²) in [5.41, 5.74) is 1.25. The molecule has 1 aliphatic heterocycles. The van der Waals surface area contributed by atoms with Crippen molar-refractivity contribution in [1.82, 2.24) is 10.2 Å². The van der Waals surface area contributed by atoms with Gasteiger partial charge in [0.2, 0.25) is 0 Å². The van der Waals surface area contributed by atoms with E-state index in [-0.39, 0.29) is 12.6 Å². The van der Waals surface area contributed by atoms with Gasteiger partial charge in [0.05, 0.1) is 6.54 Å². The van der Waals surface area contributed by atoms with Crippen molar-refractivity contribution in [3.8, 4) is 0 Å². The van der Waals surface area contributed by atoms with E-state index >= 15 is 0 Å². The van der Waals surface area contributed by atoms with E-state index in [0.29, 0.717) is 6.54 Å². The highest BCUT2D eigenvalue weighted by Crippen LogP contribution is 2.08. The number of nitrogens with zero attached hydrogens (tertiary/aromatic N) is 1. The van der Waals surface area contributed by atoms with Crippen molar-refractivity contribution in [3.05, 3.63) is 35.9 Å².